The quantitative estimate of drug-likeness (QED) is 0.398. The predicted molar refractivity (Wildman–Crippen MR) is 152 cm³/mol. The van der Waals surface area contributed by atoms with Crippen LogP contribution in [0.3, 0.4) is 0 Å². The van der Waals surface area contributed by atoms with Crippen LogP contribution in [0.15, 0.2) is 42.5 Å². The molecule has 8 aliphatic carbocycles. The molecule has 0 amide bonds. The van der Waals surface area contributed by atoms with Crippen molar-refractivity contribution in [3.8, 4) is 11.8 Å². The minimum absolute atomic E-state index is 0.0266. The fourth-order valence-corrected chi connectivity index (χ4v) is 11.5. The Morgan fingerprint density at radius 2 is 1.27 bits per heavy atom. The zero-order valence-electron chi connectivity index (χ0n) is 23.1. The molecule has 3 unspecified atom stereocenters. The first-order chi connectivity index (χ1) is 19.3. The summed E-state index contributed by atoms with van der Waals surface area (Å²) < 4.78 is 0. The Balaban J connectivity index is 1.20. The van der Waals surface area contributed by atoms with Crippen molar-refractivity contribution < 1.29 is 19.8 Å². The van der Waals surface area contributed by atoms with E-state index in [1.807, 2.05) is 6.07 Å². The van der Waals surface area contributed by atoms with E-state index in [9.17, 15) is 19.8 Å². The van der Waals surface area contributed by atoms with Gasteiger partial charge in [0.05, 0.1) is 11.1 Å². The number of hydrogen-bond donors (Lipinski definition) is 2. The fourth-order valence-electron chi connectivity index (χ4n) is 11.5. The minimum Gasteiger partial charge on any atom is -0.478 e. The van der Waals surface area contributed by atoms with E-state index in [0.29, 0.717) is 28.5 Å². The van der Waals surface area contributed by atoms with Gasteiger partial charge in [0.2, 0.25) is 0 Å². The van der Waals surface area contributed by atoms with Gasteiger partial charge < -0.3 is 10.2 Å². The normalized spacial score (nSPS) is 40.0. The summed E-state index contributed by atoms with van der Waals surface area (Å²) in [7, 11) is 0. The lowest BCUT2D eigenvalue weighted by Gasteiger charge is -2.62. The third-order valence-corrected chi connectivity index (χ3v) is 12.2. The highest BCUT2D eigenvalue weighted by atomic mass is 16.4. The van der Waals surface area contributed by atoms with E-state index >= 15 is 0 Å². The van der Waals surface area contributed by atoms with Crippen molar-refractivity contribution in [3.63, 3.8) is 0 Å². The van der Waals surface area contributed by atoms with Crippen LogP contribution >= 0.6 is 0 Å². The second-order valence-electron chi connectivity index (χ2n) is 14.7. The molecule has 3 atom stereocenters. The van der Waals surface area contributed by atoms with Gasteiger partial charge in [0.1, 0.15) is 0 Å². The molecule has 0 saturated heterocycles. The first-order valence-electron chi connectivity index (χ1n) is 15.5. The van der Waals surface area contributed by atoms with Crippen molar-refractivity contribution in [1.29, 1.82) is 0 Å². The van der Waals surface area contributed by atoms with Crippen LogP contribution in [0.25, 0.3) is 0 Å². The Hall–Kier alpha value is -3.06. The molecule has 8 bridgehead atoms. The molecule has 0 aromatic heterocycles. The lowest BCUT2D eigenvalue weighted by molar-refractivity contribution is -0.0280. The summed E-state index contributed by atoms with van der Waals surface area (Å²) in [6.07, 6.45) is 13.8. The second-order valence-corrected chi connectivity index (χ2v) is 14.7. The van der Waals surface area contributed by atoms with Gasteiger partial charge in [-0.2, -0.15) is 0 Å². The maximum Gasteiger partial charge on any atom is 0.336 e. The van der Waals surface area contributed by atoms with Crippen molar-refractivity contribution in [3.05, 3.63) is 70.3 Å². The Morgan fingerprint density at radius 3 is 1.82 bits per heavy atom. The number of carboxylic acid groups (broad SMARTS) is 2. The number of carboxylic acids is 2. The van der Waals surface area contributed by atoms with Gasteiger partial charge in [-0.05, 0) is 147 Å². The van der Waals surface area contributed by atoms with E-state index in [0.717, 1.165) is 42.4 Å². The summed E-state index contributed by atoms with van der Waals surface area (Å²) >= 11 is 0. The molecule has 8 saturated carbocycles. The largest absolute Gasteiger partial charge is 0.478 e. The average Bonchev–Trinajstić information content (AvgIpc) is 2.90. The number of hydrogen-bond acceptors (Lipinski definition) is 2. The zero-order valence-corrected chi connectivity index (χ0v) is 23.1. The molecule has 0 spiro atoms. The molecule has 4 nitrogen and oxygen atoms in total. The van der Waals surface area contributed by atoms with Crippen molar-refractivity contribution in [2.45, 2.75) is 82.0 Å². The van der Waals surface area contributed by atoms with E-state index in [4.69, 9.17) is 0 Å². The van der Waals surface area contributed by atoms with Crippen molar-refractivity contribution in [2.24, 2.45) is 40.9 Å². The van der Waals surface area contributed by atoms with Crippen LogP contribution in [0.1, 0.15) is 114 Å². The summed E-state index contributed by atoms with van der Waals surface area (Å²) in [4.78, 5) is 23.9. The lowest BCUT2D eigenvalue weighted by Crippen LogP contribution is -2.53. The molecule has 8 fully saturated rings. The van der Waals surface area contributed by atoms with Gasteiger partial charge in [-0.25, -0.2) is 9.59 Å². The van der Waals surface area contributed by atoms with Gasteiger partial charge in [0.15, 0.2) is 0 Å². The minimum atomic E-state index is -0.898. The third kappa shape index (κ3) is 3.80. The summed E-state index contributed by atoms with van der Waals surface area (Å²) in [6.45, 7) is 0. The van der Waals surface area contributed by atoms with Gasteiger partial charge in [-0.3, -0.25) is 0 Å². The van der Waals surface area contributed by atoms with Crippen LogP contribution in [0.4, 0.5) is 0 Å². The summed E-state index contributed by atoms with van der Waals surface area (Å²) in [5.41, 5.74) is 3.88. The molecule has 10 rings (SSSR count). The van der Waals surface area contributed by atoms with Gasteiger partial charge in [-0.15, -0.1) is 0 Å². The van der Waals surface area contributed by atoms with Crippen LogP contribution in [0.2, 0.25) is 0 Å². The predicted octanol–water partition coefficient (Wildman–Crippen LogP) is 7.51. The Morgan fingerprint density at radius 1 is 0.700 bits per heavy atom. The van der Waals surface area contributed by atoms with Gasteiger partial charge in [0, 0.05) is 16.4 Å². The molecular weight excluding hydrogens is 496 g/mol. The summed E-state index contributed by atoms with van der Waals surface area (Å²) in [6, 6.07) is 13.7. The van der Waals surface area contributed by atoms with E-state index in [2.05, 4.69) is 36.1 Å². The van der Waals surface area contributed by atoms with Crippen LogP contribution in [-0.2, 0) is 5.41 Å². The van der Waals surface area contributed by atoms with Crippen LogP contribution in [0.5, 0.6) is 0 Å². The van der Waals surface area contributed by atoms with Crippen molar-refractivity contribution >= 4 is 11.9 Å². The molecule has 2 aromatic carbocycles. The molecule has 4 heteroatoms. The van der Waals surface area contributed by atoms with Gasteiger partial charge >= 0.3 is 11.9 Å². The summed E-state index contributed by atoms with van der Waals surface area (Å²) in [5, 5.41) is 19.6. The van der Waals surface area contributed by atoms with Crippen LogP contribution in [0, 0.1) is 52.8 Å². The number of benzene rings is 2. The maximum atomic E-state index is 12.3. The van der Waals surface area contributed by atoms with Crippen molar-refractivity contribution in [2.75, 3.05) is 0 Å². The number of aromatic carboxylic acids is 2. The zero-order chi connectivity index (χ0) is 27.2. The topological polar surface area (TPSA) is 74.6 Å². The number of rotatable bonds is 4. The number of carbonyl (C=O) groups is 2. The molecule has 0 radical (unpaired) electrons. The molecular formula is C36H38O4. The van der Waals surface area contributed by atoms with E-state index in [1.54, 1.807) is 12.1 Å². The molecule has 8 aliphatic rings. The highest BCUT2D eigenvalue weighted by Crippen LogP contribution is 2.66. The Labute approximate surface area is 236 Å². The van der Waals surface area contributed by atoms with Crippen LogP contribution < -0.4 is 0 Å². The standard InChI is InChI=1S/C36H38O4/c37-33(38)26-1-4-30(5-2-26)36-19-24-12-25(20-36)14-29(13-24)32(36)28-3-6-31(34(39)40)27(15-28)7-8-35-16-21-9-22(17-35)11-23(10-21)18-35/h1-6,15,21-25,29,32H,9-14,16-20H2,(H,37,38)(H,39,40). The summed E-state index contributed by atoms with van der Waals surface area (Å²) in [5.74, 6) is 10.2. The second kappa shape index (κ2) is 8.72. The fraction of sp³-hybridized carbons (Fsp3) is 0.556. The van der Waals surface area contributed by atoms with E-state index in [-0.39, 0.29) is 10.8 Å². The molecule has 206 valence electrons. The maximum absolute atomic E-state index is 12.3. The molecule has 0 heterocycles. The molecule has 0 aliphatic heterocycles. The smallest absolute Gasteiger partial charge is 0.336 e. The van der Waals surface area contributed by atoms with Gasteiger partial charge in [-0.1, -0.05) is 30.0 Å². The first kappa shape index (κ1) is 24.7. The molecule has 2 N–H and O–H groups in total. The Bertz CT molecular complexity index is 1410. The first-order valence-corrected chi connectivity index (χ1v) is 15.5. The van der Waals surface area contributed by atoms with Crippen molar-refractivity contribution in [1.82, 2.24) is 0 Å². The lowest BCUT2D eigenvalue weighted by atomic mass is 9.42. The van der Waals surface area contributed by atoms with E-state index < -0.39 is 11.9 Å². The molecule has 40 heavy (non-hydrogen) atoms. The van der Waals surface area contributed by atoms with Crippen LogP contribution in [-0.4, -0.2) is 22.2 Å². The average molecular weight is 535 g/mol. The monoisotopic (exact) mass is 534 g/mol. The van der Waals surface area contributed by atoms with E-state index in [1.165, 1.54) is 68.9 Å². The highest BCUT2D eigenvalue weighted by Gasteiger charge is 2.58. The SMILES string of the molecule is O=C(O)c1ccc(C23CC4CC(CC(C4)C2c2ccc(C(=O)O)c(C#CC45CC6CC(CC(C6)C4)C5)c2)C3)cc1. The van der Waals surface area contributed by atoms with Gasteiger partial charge in [0.25, 0.3) is 0 Å². The highest BCUT2D eigenvalue weighted by molar-refractivity contribution is 5.91. The Kier molecular flexibility index (Phi) is 5.39. The third-order valence-electron chi connectivity index (χ3n) is 12.2. The molecule has 2 aromatic rings.